The van der Waals surface area contributed by atoms with Gasteiger partial charge in [0.1, 0.15) is 5.56 Å². The number of nitrogens with one attached hydrogen (secondary N) is 1. The zero-order valence-corrected chi connectivity index (χ0v) is 30.7. The molecule has 6 aromatic carbocycles. The predicted octanol–water partition coefficient (Wildman–Crippen LogP) is 9.72. The molecule has 1 heterocycles. The number of hydrogen-bond donors (Lipinski definition) is 2. The Balaban J connectivity index is 1.09. The van der Waals surface area contributed by atoms with Gasteiger partial charge in [-0.15, -0.1) is 0 Å². The molecule has 0 bridgehead atoms. The number of benzene rings is 6. The summed E-state index contributed by atoms with van der Waals surface area (Å²) in [4.78, 5) is 14.9. The van der Waals surface area contributed by atoms with Gasteiger partial charge < -0.3 is 19.9 Å². The lowest BCUT2D eigenvalue weighted by Crippen LogP contribution is -2.39. The Morgan fingerprint density at radius 3 is 1.77 bits per heavy atom. The van der Waals surface area contributed by atoms with Crippen LogP contribution in [0.4, 0.5) is 22.0 Å². The van der Waals surface area contributed by atoms with Gasteiger partial charge in [0.15, 0.2) is 29.6 Å². The molecule has 292 valence electrons. The van der Waals surface area contributed by atoms with Crippen LogP contribution in [0, 0.1) is 29.1 Å². The van der Waals surface area contributed by atoms with Crippen molar-refractivity contribution >= 4 is 5.91 Å². The Morgan fingerprint density at radius 1 is 0.614 bits per heavy atom. The summed E-state index contributed by atoms with van der Waals surface area (Å²) in [6.45, 7) is 1.80. The van der Waals surface area contributed by atoms with Gasteiger partial charge in [0.05, 0.1) is 18.8 Å². The first-order valence-electron chi connectivity index (χ1n) is 18.5. The number of nitrogens with zero attached hydrogens (tertiary/aromatic N) is 1. The summed E-state index contributed by atoms with van der Waals surface area (Å²) in [6, 6.07) is 43.0. The van der Waals surface area contributed by atoms with Gasteiger partial charge in [0.2, 0.25) is 5.82 Å². The number of hydrogen-bond acceptors (Lipinski definition) is 5. The molecule has 0 radical (unpaired) electrons. The van der Waals surface area contributed by atoms with Crippen LogP contribution < -0.4 is 5.32 Å². The molecule has 57 heavy (non-hydrogen) atoms. The maximum atomic E-state index is 14.2. The number of aliphatic hydroxyl groups excluding tert-OH is 1. The third kappa shape index (κ3) is 9.46. The third-order valence-corrected chi connectivity index (χ3v) is 9.91. The van der Waals surface area contributed by atoms with Crippen molar-refractivity contribution in [2.45, 2.75) is 51.2 Å². The van der Waals surface area contributed by atoms with Crippen molar-refractivity contribution in [3.8, 4) is 11.1 Å². The second-order valence-corrected chi connectivity index (χ2v) is 13.9. The van der Waals surface area contributed by atoms with E-state index in [1.807, 2.05) is 91.0 Å². The van der Waals surface area contributed by atoms with Crippen molar-refractivity contribution in [2.75, 3.05) is 6.54 Å². The lowest BCUT2D eigenvalue weighted by molar-refractivity contribution is -0.253. The first kappa shape index (κ1) is 39.5. The largest absolute Gasteiger partial charge is 0.392 e. The van der Waals surface area contributed by atoms with Crippen molar-refractivity contribution < 1.29 is 41.3 Å². The zero-order chi connectivity index (χ0) is 39.9. The Bertz CT molecular complexity index is 2220. The van der Waals surface area contributed by atoms with Crippen LogP contribution in [-0.2, 0) is 35.7 Å². The fourth-order valence-electron chi connectivity index (χ4n) is 6.96. The summed E-state index contributed by atoms with van der Waals surface area (Å²) in [6.07, 6.45) is -0.566. The number of carbonyl (C=O) groups is 1. The van der Waals surface area contributed by atoms with E-state index in [0.29, 0.717) is 18.5 Å². The SMILES string of the molecule is O=C(NCc1cccc(-c2ccc([C@H]3O[C@@H](CN(Cc4ccccc4)Cc4ccccc4)C[C@@H](c4ccc(CO)cc4)O3)cc2)c1)c1c(F)c(F)c(F)c(F)c1F. The first-order chi connectivity index (χ1) is 27.7. The first-order valence-corrected chi connectivity index (χ1v) is 18.5. The summed E-state index contributed by atoms with van der Waals surface area (Å²) in [5.41, 5.74) is 5.51. The molecule has 1 saturated heterocycles. The molecule has 1 fully saturated rings. The number of rotatable bonds is 13. The third-order valence-electron chi connectivity index (χ3n) is 9.91. The molecule has 2 N–H and O–H groups in total. The fourth-order valence-corrected chi connectivity index (χ4v) is 6.96. The Hall–Kier alpha value is -5.72. The molecule has 11 heteroatoms. The fraction of sp³-hybridized carbons (Fsp3) is 0.196. The number of halogens is 5. The molecule has 0 aromatic heterocycles. The van der Waals surface area contributed by atoms with E-state index in [-0.39, 0.29) is 25.4 Å². The van der Waals surface area contributed by atoms with Crippen LogP contribution in [0.3, 0.4) is 0 Å². The predicted molar refractivity (Wildman–Crippen MR) is 205 cm³/mol. The van der Waals surface area contributed by atoms with Crippen LogP contribution in [0.1, 0.15) is 62.6 Å². The molecule has 1 amide bonds. The van der Waals surface area contributed by atoms with Crippen molar-refractivity contribution in [3.63, 3.8) is 0 Å². The molecule has 6 aromatic rings. The monoisotopic (exact) mass is 778 g/mol. The van der Waals surface area contributed by atoms with Gasteiger partial charge in [-0.25, -0.2) is 22.0 Å². The van der Waals surface area contributed by atoms with Crippen LogP contribution in [0.2, 0.25) is 0 Å². The summed E-state index contributed by atoms with van der Waals surface area (Å²) in [7, 11) is 0. The maximum absolute atomic E-state index is 14.2. The maximum Gasteiger partial charge on any atom is 0.257 e. The Morgan fingerprint density at radius 2 is 1.18 bits per heavy atom. The van der Waals surface area contributed by atoms with Crippen molar-refractivity contribution in [3.05, 3.63) is 201 Å². The zero-order valence-electron chi connectivity index (χ0n) is 30.7. The van der Waals surface area contributed by atoms with Crippen LogP contribution in [-0.4, -0.2) is 28.6 Å². The molecule has 6 nitrogen and oxygen atoms in total. The highest BCUT2D eigenvalue weighted by molar-refractivity contribution is 5.94. The van der Waals surface area contributed by atoms with Gasteiger partial charge in [0.25, 0.3) is 5.91 Å². The smallest absolute Gasteiger partial charge is 0.257 e. The molecular formula is C46H39F5N2O4. The lowest BCUT2D eigenvalue weighted by atomic mass is 9.98. The summed E-state index contributed by atoms with van der Waals surface area (Å²) in [5.74, 6) is -12.5. The van der Waals surface area contributed by atoms with Gasteiger partial charge >= 0.3 is 0 Å². The van der Waals surface area contributed by atoms with Gasteiger partial charge in [0, 0.05) is 38.2 Å². The average molecular weight is 779 g/mol. The summed E-state index contributed by atoms with van der Waals surface area (Å²) in [5, 5.41) is 11.9. The summed E-state index contributed by atoms with van der Waals surface area (Å²) < 4.78 is 82.6. The minimum atomic E-state index is -2.33. The van der Waals surface area contributed by atoms with E-state index in [0.717, 1.165) is 40.9 Å². The molecule has 0 unspecified atom stereocenters. The van der Waals surface area contributed by atoms with Gasteiger partial charge in [-0.05, 0) is 45.0 Å². The number of ether oxygens (including phenoxy) is 2. The molecule has 1 aliphatic heterocycles. The van der Waals surface area contributed by atoms with E-state index < -0.39 is 46.8 Å². The average Bonchev–Trinajstić information content (AvgIpc) is 3.25. The number of amides is 1. The summed E-state index contributed by atoms with van der Waals surface area (Å²) >= 11 is 0. The molecule has 3 atom stereocenters. The minimum absolute atomic E-state index is 0.0591. The van der Waals surface area contributed by atoms with Gasteiger partial charge in [-0.1, -0.05) is 127 Å². The van der Waals surface area contributed by atoms with Crippen molar-refractivity contribution in [1.29, 1.82) is 0 Å². The highest BCUT2D eigenvalue weighted by atomic mass is 19.2. The van der Waals surface area contributed by atoms with E-state index in [1.54, 1.807) is 18.2 Å². The molecule has 0 spiro atoms. The molecule has 1 aliphatic rings. The van der Waals surface area contributed by atoms with Crippen molar-refractivity contribution in [1.82, 2.24) is 10.2 Å². The van der Waals surface area contributed by atoms with Crippen LogP contribution in [0.15, 0.2) is 133 Å². The van der Waals surface area contributed by atoms with Crippen LogP contribution >= 0.6 is 0 Å². The molecule has 7 rings (SSSR count). The second kappa shape index (κ2) is 18.0. The molecule has 0 aliphatic carbocycles. The van der Waals surface area contributed by atoms with E-state index in [1.165, 1.54) is 11.1 Å². The Kier molecular flexibility index (Phi) is 12.5. The quantitative estimate of drug-likeness (QED) is 0.0695. The normalized spacial score (nSPS) is 16.8. The molecule has 0 saturated carbocycles. The van der Waals surface area contributed by atoms with Crippen LogP contribution in [0.5, 0.6) is 0 Å². The second-order valence-electron chi connectivity index (χ2n) is 13.9. The van der Waals surface area contributed by atoms with E-state index in [9.17, 15) is 31.9 Å². The molecular weight excluding hydrogens is 740 g/mol. The lowest BCUT2D eigenvalue weighted by Gasteiger charge is -2.38. The minimum Gasteiger partial charge on any atom is -0.392 e. The number of aliphatic hydroxyl groups is 1. The standard InChI is InChI=1S/C46H39F5N2O4/c47-40-39(41(48)43(50)44(51)42(40)49)45(55)52-24-32-12-7-13-36(22-32)33-18-20-35(21-19-33)46-56-37(23-38(57-46)34-16-14-31(28-54)15-17-34)27-53(25-29-8-3-1-4-9-29)26-30-10-5-2-6-11-30/h1-22,37-38,46,54H,23-28H2,(H,52,55)/t37-,38+,46+/m1/s1. The van der Waals surface area contributed by atoms with Crippen molar-refractivity contribution in [2.24, 2.45) is 0 Å². The number of carbonyl (C=O) groups excluding carboxylic acids is 1. The van der Waals surface area contributed by atoms with Gasteiger partial charge in [-0.3, -0.25) is 9.69 Å². The highest BCUT2D eigenvalue weighted by Gasteiger charge is 2.34. The van der Waals surface area contributed by atoms with E-state index in [2.05, 4.69) is 34.5 Å². The topological polar surface area (TPSA) is 71.0 Å². The van der Waals surface area contributed by atoms with Crippen LogP contribution in [0.25, 0.3) is 11.1 Å². The van der Waals surface area contributed by atoms with Gasteiger partial charge in [-0.2, -0.15) is 0 Å². The van der Waals surface area contributed by atoms with E-state index in [4.69, 9.17) is 9.47 Å². The Labute approximate surface area is 327 Å². The van der Waals surface area contributed by atoms with E-state index >= 15 is 0 Å². The highest BCUT2D eigenvalue weighted by Crippen LogP contribution is 2.39.